The first kappa shape index (κ1) is 9.44. The number of rotatable bonds is 3. The van der Waals surface area contributed by atoms with Gasteiger partial charge in [-0.25, -0.2) is 0 Å². The van der Waals surface area contributed by atoms with Crippen LogP contribution in [0.4, 0.5) is 0 Å². The zero-order valence-electron chi connectivity index (χ0n) is 8.37. The summed E-state index contributed by atoms with van der Waals surface area (Å²) in [4.78, 5) is 2.37. The number of aliphatic hydroxyl groups is 1. The van der Waals surface area contributed by atoms with E-state index in [1.165, 1.54) is 19.5 Å². The van der Waals surface area contributed by atoms with Gasteiger partial charge in [0.2, 0.25) is 0 Å². The molecule has 13 heavy (non-hydrogen) atoms. The molecule has 0 radical (unpaired) electrons. The summed E-state index contributed by atoms with van der Waals surface area (Å²) < 4.78 is 0. The van der Waals surface area contributed by atoms with Gasteiger partial charge in [0.15, 0.2) is 0 Å². The second-order valence-electron chi connectivity index (χ2n) is 4.65. The average molecular weight is 184 g/mol. The smallest absolute Gasteiger partial charge is 0.0546 e. The van der Waals surface area contributed by atoms with Gasteiger partial charge in [-0.15, -0.1) is 0 Å². The van der Waals surface area contributed by atoms with E-state index in [1.807, 2.05) is 0 Å². The molecule has 0 aromatic rings. The third kappa shape index (κ3) is 2.42. The molecule has 76 valence electrons. The number of aliphatic hydroxyl groups excluding tert-OH is 1. The van der Waals surface area contributed by atoms with E-state index in [0.717, 1.165) is 25.3 Å². The van der Waals surface area contributed by atoms with Crippen LogP contribution in [0.5, 0.6) is 0 Å². The predicted octanol–water partition coefficient (Wildman–Crippen LogP) is 0.0510. The molecule has 1 aliphatic carbocycles. The molecule has 1 heterocycles. The van der Waals surface area contributed by atoms with Gasteiger partial charge in [0.25, 0.3) is 0 Å². The second kappa shape index (κ2) is 3.95. The van der Waals surface area contributed by atoms with E-state index in [1.54, 1.807) is 0 Å². The van der Waals surface area contributed by atoms with Crippen molar-refractivity contribution in [3.63, 3.8) is 0 Å². The molecule has 0 spiro atoms. The van der Waals surface area contributed by atoms with Gasteiger partial charge >= 0.3 is 0 Å². The molecule has 1 aliphatic heterocycles. The highest BCUT2D eigenvalue weighted by atomic mass is 16.3. The minimum atomic E-state index is -0.00180. The SMILES string of the molecule is CN1CCC(NCC2CC(O)C2)C1. The van der Waals surface area contributed by atoms with Crippen molar-refractivity contribution in [3.05, 3.63) is 0 Å². The van der Waals surface area contributed by atoms with Crippen molar-refractivity contribution in [2.45, 2.75) is 31.4 Å². The zero-order valence-corrected chi connectivity index (χ0v) is 8.37. The topological polar surface area (TPSA) is 35.5 Å². The quantitative estimate of drug-likeness (QED) is 0.650. The maximum atomic E-state index is 9.12. The van der Waals surface area contributed by atoms with E-state index in [2.05, 4.69) is 17.3 Å². The Bertz CT molecular complexity index is 168. The molecule has 1 saturated carbocycles. The van der Waals surface area contributed by atoms with E-state index in [0.29, 0.717) is 6.04 Å². The highest BCUT2D eigenvalue weighted by molar-refractivity contribution is 4.84. The van der Waals surface area contributed by atoms with Crippen LogP contribution in [0.25, 0.3) is 0 Å². The Morgan fingerprint density at radius 3 is 2.77 bits per heavy atom. The van der Waals surface area contributed by atoms with Crippen LogP contribution >= 0.6 is 0 Å². The third-order valence-corrected chi connectivity index (χ3v) is 3.30. The lowest BCUT2D eigenvalue weighted by atomic mass is 9.82. The van der Waals surface area contributed by atoms with Crippen LogP contribution in [-0.4, -0.2) is 48.8 Å². The number of hydrogen-bond acceptors (Lipinski definition) is 3. The van der Waals surface area contributed by atoms with Crippen LogP contribution in [0.2, 0.25) is 0 Å². The first-order valence-corrected chi connectivity index (χ1v) is 5.34. The van der Waals surface area contributed by atoms with Crippen molar-refractivity contribution in [2.75, 3.05) is 26.7 Å². The molecule has 0 amide bonds. The van der Waals surface area contributed by atoms with Crippen LogP contribution in [0, 0.1) is 5.92 Å². The van der Waals surface area contributed by atoms with Crippen LogP contribution in [0.15, 0.2) is 0 Å². The average Bonchev–Trinajstić information content (AvgIpc) is 2.43. The third-order valence-electron chi connectivity index (χ3n) is 3.30. The van der Waals surface area contributed by atoms with E-state index in [9.17, 15) is 0 Å². The van der Waals surface area contributed by atoms with Crippen LogP contribution < -0.4 is 5.32 Å². The van der Waals surface area contributed by atoms with Crippen molar-refractivity contribution in [3.8, 4) is 0 Å². The molecule has 2 fully saturated rings. The van der Waals surface area contributed by atoms with E-state index >= 15 is 0 Å². The summed E-state index contributed by atoms with van der Waals surface area (Å²) in [5.74, 6) is 0.737. The molecular formula is C10H20N2O. The van der Waals surface area contributed by atoms with E-state index < -0.39 is 0 Å². The Balaban J connectivity index is 1.58. The lowest BCUT2D eigenvalue weighted by molar-refractivity contribution is 0.0420. The van der Waals surface area contributed by atoms with Gasteiger partial charge in [0.05, 0.1) is 6.10 Å². The summed E-state index contributed by atoms with van der Waals surface area (Å²) in [6.45, 7) is 3.52. The van der Waals surface area contributed by atoms with E-state index in [4.69, 9.17) is 5.11 Å². The predicted molar refractivity (Wildman–Crippen MR) is 52.6 cm³/mol. The summed E-state index contributed by atoms with van der Waals surface area (Å²) in [7, 11) is 2.18. The van der Waals surface area contributed by atoms with Gasteiger partial charge in [-0.3, -0.25) is 0 Å². The Labute approximate surface area is 80.1 Å². The minimum Gasteiger partial charge on any atom is -0.393 e. The van der Waals surface area contributed by atoms with Gasteiger partial charge in [-0.2, -0.15) is 0 Å². The fourth-order valence-corrected chi connectivity index (χ4v) is 2.30. The molecule has 2 aliphatic rings. The lowest BCUT2D eigenvalue weighted by Gasteiger charge is -2.32. The second-order valence-corrected chi connectivity index (χ2v) is 4.65. The Morgan fingerprint density at radius 1 is 1.46 bits per heavy atom. The standard InChI is InChI=1S/C10H20N2O/c1-12-3-2-9(7-12)11-6-8-4-10(13)5-8/h8-11,13H,2-7H2,1H3. The number of nitrogens with zero attached hydrogens (tertiary/aromatic N) is 1. The normalized spacial score (nSPS) is 40.6. The molecule has 0 aromatic heterocycles. The highest BCUT2D eigenvalue weighted by Crippen LogP contribution is 2.26. The number of likely N-dealkylation sites (N-methyl/N-ethyl adjacent to an activating group) is 1. The fraction of sp³-hybridized carbons (Fsp3) is 1.00. The first-order valence-electron chi connectivity index (χ1n) is 5.34. The molecular weight excluding hydrogens is 164 g/mol. The minimum absolute atomic E-state index is 0.00180. The lowest BCUT2D eigenvalue weighted by Crippen LogP contribution is -2.41. The highest BCUT2D eigenvalue weighted by Gasteiger charge is 2.28. The Hall–Kier alpha value is -0.120. The number of likely N-dealkylation sites (tertiary alicyclic amines) is 1. The Kier molecular flexibility index (Phi) is 2.86. The van der Waals surface area contributed by atoms with E-state index in [-0.39, 0.29) is 6.10 Å². The molecule has 2 N–H and O–H groups in total. The van der Waals surface area contributed by atoms with Crippen LogP contribution in [-0.2, 0) is 0 Å². The summed E-state index contributed by atoms with van der Waals surface area (Å²) >= 11 is 0. The van der Waals surface area contributed by atoms with Crippen molar-refractivity contribution < 1.29 is 5.11 Å². The maximum absolute atomic E-state index is 9.12. The molecule has 0 aromatic carbocycles. The van der Waals surface area contributed by atoms with Crippen molar-refractivity contribution >= 4 is 0 Å². The summed E-state index contributed by atoms with van der Waals surface area (Å²) in [6, 6.07) is 0.697. The Morgan fingerprint density at radius 2 is 2.23 bits per heavy atom. The molecule has 0 bridgehead atoms. The molecule has 3 heteroatoms. The van der Waals surface area contributed by atoms with Gasteiger partial charge in [0, 0.05) is 12.6 Å². The first-order chi connectivity index (χ1) is 6.24. The monoisotopic (exact) mass is 184 g/mol. The molecule has 3 nitrogen and oxygen atoms in total. The maximum Gasteiger partial charge on any atom is 0.0546 e. The molecule has 1 unspecified atom stereocenters. The van der Waals surface area contributed by atoms with Crippen LogP contribution in [0.1, 0.15) is 19.3 Å². The van der Waals surface area contributed by atoms with Gasteiger partial charge in [-0.1, -0.05) is 0 Å². The summed E-state index contributed by atoms with van der Waals surface area (Å²) in [5.41, 5.74) is 0. The van der Waals surface area contributed by atoms with Gasteiger partial charge in [-0.05, 0) is 45.3 Å². The van der Waals surface area contributed by atoms with Gasteiger partial charge < -0.3 is 15.3 Å². The molecule has 1 saturated heterocycles. The molecule has 1 atom stereocenters. The van der Waals surface area contributed by atoms with Crippen molar-refractivity contribution in [2.24, 2.45) is 5.92 Å². The summed E-state index contributed by atoms with van der Waals surface area (Å²) in [6.07, 6.45) is 3.30. The largest absolute Gasteiger partial charge is 0.393 e. The number of hydrogen-bond donors (Lipinski definition) is 2. The van der Waals surface area contributed by atoms with Gasteiger partial charge in [0.1, 0.15) is 0 Å². The van der Waals surface area contributed by atoms with Crippen LogP contribution in [0.3, 0.4) is 0 Å². The molecule has 2 rings (SSSR count). The summed E-state index contributed by atoms with van der Waals surface area (Å²) in [5, 5.41) is 12.7. The van der Waals surface area contributed by atoms with Crippen molar-refractivity contribution in [1.82, 2.24) is 10.2 Å². The zero-order chi connectivity index (χ0) is 9.26. The van der Waals surface area contributed by atoms with Crippen molar-refractivity contribution in [1.29, 1.82) is 0 Å². The number of nitrogens with one attached hydrogen (secondary N) is 1. The fourth-order valence-electron chi connectivity index (χ4n) is 2.30.